The SMILES string of the molecule is Cc1cc(-n2cncn2)c2ncc(C(=O)N3C4CCC3COC4)n2c1. The lowest BCUT2D eigenvalue weighted by Gasteiger charge is -2.34. The Labute approximate surface area is 144 Å². The molecule has 0 saturated carbocycles. The summed E-state index contributed by atoms with van der Waals surface area (Å²) in [5, 5.41) is 4.20. The molecular formula is C17H18N6O2. The van der Waals surface area contributed by atoms with Crippen molar-refractivity contribution in [2.75, 3.05) is 13.2 Å². The van der Waals surface area contributed by atoms with Gasteiger partial charge >= 0.3 is 0 Å². The minimum Gasteiger partial charge on any atom is -0.377 e. The van der Waals surface area contributed by atoms with Crippen LogP contribution in [0.5, 0.6) is 0 Å². The first-order valence-corrected chi connectivity index (χ1v) is 8.45. The van der Waals surface area contributed by atoms with Crippen molar-refractivity contribution >= 4 is 11.6 Å². The summed E-state index contributed by atoms with van der Waals surface area (Å²) in [7, 11) is 0. The number of hydrogen-bond donors (Lipinski definition) is 0. The molecular weight excluding hydrogens is 320 g/mol. The number of pyridine rings is 1. The van der Waals surface area contributed by atoms with Crippen LogP contribution in [0.1, 0.15) is 28.9 Å². The first-order chi connectivity index (χ1) is 12.2. The Balaban J connectivity index is 1.62. The highest BCUT2D eigenvalue weighted by atomic mass is 16.5. The minimum absolute atomic E-state index is 0.0263. The fourth-order valence-electron chi connectivity index (χ4n) is 3.95. The van der Waals surface area contributed by atoms with Gasteiger partial charge in [-0.15, -0.1) is 0 Å². The van der Waals surface area contributed by atoms with Crippen molar-refractivity contribution < 1.29 is 9.53 Å². The molecule has 128 valence electrons. The number of hydrogen-bond acceptors (Lipinski definition) is 5. The van der Waals surface area contributed by atoms with Crippen LogP contribution in [0.4, 0.5) is 0 Å². The Morgan fingerprint density at radius 1 is 1.28 bits per heavy atom. The fraction of sp³-hybridized carbons (Fsp3) is 0.412. The van der Waals surface area contributed by atoms with E-state index in [9.17, 15) is 4.79 Å². The van der Waals surface area contributed by atoms with Gasteiger partial charge in [-0.2, -0.15) is 5.10 Å². The van der Waals surface area contributed by atoms with Crippen LogP contribution in [0.3, 0.4) is 0 Å². The molecule has 2 atom stereocenters. The van der Waals surface area contributed by atoms with E-state index in [1.807, 2.05) is 28.5 Å². The molecule has 2 fully saturated rings. The molecule has 25 heavy (non-hydrogen) atoms. The average Bonchev–Trinajstić information content (AvgIpc) is 3.32. The predicted molar refractivity (Wildman–Crippen MR) is 88.6 cm³/mol. The Morgan fingerprint density at radius 3 is 2.80 bits per heavy atom. The zero-order valence-corrected chi connectivity index (χ0v) is 13.9. The minimum atomic E-state index is 0.0263. The van der Waals surface area contributed by atoms with Crippen LogP contribution in [-0.2, 0) is 4.74 Å². The van der Waals surface area contributed by atoms with Gasteiger partial charge in [-0.3, -0.25) is 9.20 Å². The quantitative estimate of drug-likeness (QED) is 0.702. The van der Waals surface area contributed by atoms with E-state index >= 15 is 0 Å². The normalized spacial score (nSPS) is 22.7. The van der Waals surface area contributed by atoms with Gasteiger partial charge in [0, 0.05) is 6.20 Å². The predicted octanol–water partition coefficient (Wildman–Crippen LogP) is 1.23. The molecule has 0 aromatic carbocycles. The molecule has 8 heteroatoms. The molecule has 5 heterocycles. The summed E-state index contributed by atoms with van der Waals surface area (Å²) in [5.74, 6) is 0.0263. The topological polar surface area (TPSA) is 77.5 Å². The molecule has 3 aromatic rings. The number of fused-ring (bicyclic) bond motifs is 3. The molecule has 2 aliphatic heterocycles. The molecule has 5 rings (SSSR count). The third kappa shape index (κ3) is 2.17. The Morgan fingerprint density at radius 2 is 2.08 bits per heavy atom. The lowest BCUT2D eigenvalue weighted by molar-refractivity contribution is -0.00751. The van der Waals surface area contributed by atoms with E-state index in [1.54, 1.807) is 17.2 Å². The van der Waals surface area contributed by atoms with E-state index in [0.717, 1.165) is 24.1 Å². The van der Waals surface area contributed by atoms with Gasteiger partial charge in [0.25, 0.3) is 5.91 Å². The number of carbonyl (C=O) groups excluding carboxylic acids is 1. The lowest BCUT2D eigenvalue weighted by Crippen LogP contribution is -2.49. The maximum absolute atomic E-state index is 13.2. The van der Waals surface area contributed by atoms with Crippen LogP contribution < -0.4 is 0 Å². The van der Waals surface area contributed by atoms with E-state index in [4.69, 9.17) is 4.74 Å². The van der Waals surface area contributed by atoms with Crippen LogP contribution in [-0.4, -0.2) is 60.3 Å². The summed E-state index contributed by atoms with van der Waals surface area (Å²) in [6, 6.07) is 2.34. The molecule has 2 unspecified atom stereocenters. The van der Waals surface area contributed by atoms with E-state index in [-0.39, 0.29) is 18.0 Å². The summed E-state index contributed by atoms with van der Waals surface area (Å²) in [5.41, 5.74) is 3.11. The zero-order valence-electron chi connectivity index (χ0n) is 13.9. The largest absolute Gasteiger partial charge is 0.377 e. The van der Waals surface area contributed by atoms with E-state index in [2.05, 4.69) is 15.1 Å². The van der Waals surface area contributed by atoms with Crippen LogP contribution in [0.25, 0.3) is 11.3 Å². The Bertz CT molecular complexity index is 932. The van der Waals surface area contributed by atoms with Crippen molar-refractivity contribution in [1.82, 2.24) is 29.0 Å². The highest BCUT2D eigenvalue weighted by Crippen LogP contribution is 2.30. The van der Waals surface area contributed by atoms with Crippen molar-refractivity contribution in [3.05, 3.63) is 42.4 Å². The number of ether oxygens (including phenoxy) is 1. The second-order valence-corrected chi connectivity index (χ2v) is 6.71. The van der Waals surface area contributed by atoms with E-state index in [1.165, 1.54) is 6.33 Å². The highest BCUT2D eigenvalue weighted by Gasteiger charge is 2.41. The van der Waals surface area contributed by atoms with Gasteiger partial charge in [0.15, 0.2) is 5.65 Å². The molecule has 0 radical (unpaired) electrons. The molecule has 0 spiro atoms. The molecule has 2 aliphatic rings. The smallest absolute Gasteiger partial charge is 0.273 e. The maximum atomic E-state index is 13.2. The number of amides is 1. The second-order valence-electron chi connectivity index (χ2n) is 6.71. The number of aryl methyl sites for hydroxylation is 1. The molecule has 0 aliphatic carbocycles. The van der Waals surface area contributed by atoms with Gasteiger partial charge in [-0.25, -0.2) is 14.6 Å². The number of imidazole rings is 1. The first-order valence-electron chi connectivity index (χ1n) is 8.45. The number of rotatable bonds is 2. The first kappa shape index (κ1) is 14.6. The third-order valence-corrected chi connectivity index (χ3v) is 5.08. The number of morpholine rings is 1. The third-order valence-electron chi connectivity index (χ3n) is 5.08. The van der Waals surface area contributed by atoms with Crippen molar-refractivity contribution in [1.29, 1.82) is 0 Å². The van der Waals surface area contributed by atoms with Crippen LogP contribution in [0.2, 0.25) is 0 Å². The standard InChI is InChI=1S/C17H18N6O2/c1-11-4-14(22-10-18-9-20-22)16-19-5-15(21(16)6-11)17(24)23-12-2-3-13(23)8-25-7-12/h4-6,9-10,12-13H,2-3,7-8H2,1H3. The molecule has 8 nitrogen and oxygen atoms in total. The average molecular weight is 338 g/mol. The summed E-state index contributed by atoms with van der Waals surface area (Å²) in [6.07, 6.45) is 8.74. The Hall–Kier alpha value is -2.74. The van der Waals surface area contributed by atoms with Crippen molar-refractivity contribution in [3.63, 3.8) is 0 Å². The van der Waals surface area contributed by atoms with Gasteiger partial charge in [-0.05, 0) is 31.4 Å². The Kier molecular flexibility index (Phi) is 3.14. The van der Waals surface area contributed by atoms with Crippen LogP contribution in [0, 0.1) is 6.92 Å². The molecule has 2 bridgehead atoms. The maximum Gasteiger partial charge on any atom is 0.273 e. The van der Waals surface area contributed by atoms with Gasteiger partial charge < -0.3 is 9.64 Å². The summed E-state index contributed by atoms with van der Waals surface area (Å²) >= 11 is 0. The monoisotopic (exact) mass is 338 g/mol. The summed E-state index contributed by atoms with van der Waals surface area (Å²) in [6.45, 7) is 3.25. The van der Waals surface area contributed by atoms with Crippen molar-refractivity contribution in [3.8, 4) is 5.69 Å². The van der Waals surface area contributed by atoms with Gasteiger partial charge in [0.05, 0.1) is 31.5 Å². The molecule has 3 aromatic heterocycles. The van der Waals surface area contributed by atoms with Crippen molar-refractivity contribution in [2.45, 2.75) is 31.8 Å². The van der Waals surface area contributed by atoms with Crippen LogP contribution in [0.15, 0.2) is 31.1 Å². The summed E-state index contributed by atoms with van der Waals surface area (Å²) in [4.78, 5) is 23.7. The van der Waals surface area contributed by atoms with Gasteiger partial charge in [0.2, 0.25) is 0 Å². The molecule has 0 N–H and O–H groups in total. The van der Waals surface area contributed by atoms with Gasteiger partial charge in [0.1, 0.15) is 24.0 Å². The van der Waals surface area contributed by atoms with Crippen molar-refractivity contribution in [2.24, 2.45) is 0 Å². The van der Waals surface area contributed by atoms with Gasteiger partial charge in [-0.1, -0.05) is 0 Å². The summed E-state index contributed by atoms with van der Waals surface area (Å²) < 4.78 is 9.13. The molecule has 1 amide bonds. The number of carbonyl (C=O) groups is 1. The zero-order chi connectivity index (χ0) is 17.0. The molecule has 2 saturated heterocycles. The van der Waals surface area contributed by atoms with E-state index < -0.39 is 0 Å². The second kappa shape index (κ2) is 5.38. The highest BCUT2D eigenvalue weighted by molar-refractivity contribution is 5.94. The fourth-order valence-corrected chi connectivity index (χ4v) is 3.95. The lowest BCUT2D eigenvalue weighted by atomic mass is 10.2. The number of aromatic nitrogens is 5. The number of nitrogens with zero attached hydrogens (tertiary/aromatic N) is 6. The van der Waals surface area contributed by atoms with E-state index in [0.29, 0.717) is 24.6 Å². The van der Waals surface area contributed by atoms with Crippen LogP contribution >= 0.6 is 0 Å².